The van der Waals surface area contributed by atoms with E-state index in [-0.39, 0.29) is 30.4 Å². The molecule has 0 N–H and O–H groups in total. The highest BCUT2D eigenvalue weighted by Gasteiger charge is 2.26. The van der Waals surface area contributed by atoms with Crippen molar-refractivity contribution in [1.29, 1.82) is 0 Å². The van der Waals surface area contributed by atoms with E-state index in [1.165, 1.54) is 7.11 Å². The summed E-state index contributed by atoms with van der Waals surface area (Å²) in [4.78, 5) is 38.5. The lowest BCUT2D eigenvalue weighted by molar-refractivity contribution is -0.144. The van der Waals surface area contributed by atoms with Gasteiger partial charge in [0.1, 0.15) is 0 Å². The minimum Gasteiger partial charge on any atom is -0.469 e. The number of ether oxygens (including phenoxy) is 1. The number of carbonyl (C=O) groups is 3. The molecule has 0 spiro atoms. The molecule has 1 aliphatic rings. The molecular formula is C14H17BrN2O5. The van der Waals surface area contributed by atoms with E-state index in [2.05, 4.69) is 20.7 Å². The fourth-order valence-electron chi connectivity index (χ4n) is 2.21. The molecule has 1 aromatic rings. The minimum absolute atomic E-state index is 0.0783. The van der Waals surface area contributed by atoms with Crippen LogP contribution in [-0.4, -0.2) is 60.9 Å². The third kappa shape index (κ3) is 4.09. The standard InChI is InChI=1S/C14H17BrN2O5/c1-21-13(19)5-4-12(18)16-6-8-17(9-7-16)14(20)10-2-3-11(15)22-10/h2-3H,4-9H2,1H3. The Hall–Kier alpha value is -1.83. The van der Waals surface area contributed by atoms with Crippen LogP contribution in [0.2, 0.25) is 0 Å². The van der Waals surface area contributed by atoms with Crippen molar-refractivity contribution in [2.24, 2.45) is 0 Å². The first kappa shape index (κ1) is 16.5. The fourth-order valence-corrected chi connectivity index (χ4v) is 2.52. The summed E-state index contributed by atoms with van der Waals surface area (Å²) in [6.45, 7) is 1.80. The highest BCUT2D eigenvalue weighted by atomic mass is 79.9. The van der Waals surface area contributed by atoms with Crippen LogP contribution in [0.5, 0.6) is 0 Å². The molecule has 2 rings (SSSR count). The molecular weight excluding hydrogens is 356 g/mol. The molecule has 1 aliphatic heterocycles. The van der Waals surface area contributed by atoms with E-state index in [4.69, 9.17) is 4.42 Å². The van der Waals surface area contributed by atoms with E-state index in [9.17, 15) is 14.4 Å². The highest BCUT2D eigenvalue weighted by Crippen LogP contribution is 2.17. The van der Waals surface area contributed by atoms with Crippen molar-refractivity contribution in [3.63, 3.8) is 0 Å². The van der Waals surface area contributed by atoms with Gasteiger partial charge in [-0.25, -0.2) is 0 Å². The summed E-state index contributed by atoms with van der Waals surface area (Å²) in [5.74, 6) is -0.409. The maximum atomic E-state index is 12.2. The van der Waals surface area contributed by atoms with Gasteiger partial charge in [-0.1, -0.05) is 0 Å². The van der Waals surface area contributed by atoms with E-state index in [0.717, 1.165) is 0 Å². The number of amides is 2. The Kier molecular flexibility index (Phi) is 5.59. The van der Waals surface area contributed by atoms with Crippen molar-refractivity contribution in [2.75, 3.05) is 33.3 Å². The van der Waals surface area contributed by atoms with Crippen LogP contribution in [-0.2, 0) is 14.3 Å². The number of hydrogen-bond donors (Lipinski definition) is 0. The van der Waals surface area contributed by atoms with E-state index >= 15 is 0 Å². The Morgan fingerprint density at radius 2 is 1.77 bits per heavy atom. The number of halogens is 1. The van der Waals surface area contributed by atoms with Crippen molar-refractivity contribution in [3.05, 3.63) is 22.6 Å². The maximum Gasteiger partial charge on any atom is 0.306 e. The maximum absolute atomic E-state index is 12.2. The van der Waals surface area contributed by atoms with Crippen LogP contribution in [0.15, 0.2) is 21.2 Å². The van der Waals surface area contributed by atoms with Gasteiger partial charge in [0.15, 0.2) is 10.4 Å². The lowest BCUT2D eigenvalue weighted by Crippen LogP contribution is -2.50. The number of methoxy groups -OCH3 is 1. The first-order valence-corrected chi connectivity index (χ1v) is 7.69. The summed E-state index contributed by atoms with van der Waals surface area (Å²) in [5.41, 5.74) is 0. The number of piperazine rings is 1. The SMILES string of the molecule is COC(=O)CCC(=O)N1CCN(C(=O)c2ccc(Br)o2)CC1. The summed E-state index contributed by atoms with van der Waals surface area (Å²) >= 11 is 3.16. The number of hydrogen-bond acceptors (Lipinski definition) is 5. The van der Waals surface area contributed by atoms with E-state index < -0.39 is 5.97 Å². The van der Waals surface area contributed by atoms with Crippen LogP contribution >= 0.6 is 15.9 Å². The molecule has 0 atom stereocenters. The number of rotatable bonds is 4. The molecule has 2 amide bonds. The van der Waals surface area contributed by atoms with Crippen LogP contribution in [0.4, 0.5) is 0 Å². The van der Waals surface area contributed by atoms with Gasteiger partial charge in [-0.2, -0.15) is 0 Å². The first-order chi connectivity index (χ1) is 10.5. The molecule has 22 heavy (non-hydrogen) atoms. The third-order valence-corrected chi connectivity index (χ3v) is 3.90. The lowest BCUT2D eigenvalue weighted by atomic mass is 10.2. The second-order valence-electron chi connectivity index (χ2n) is 4.85. The molecule has 1 saturated heterocycles. The molecule has 8 heteroatoms. The molecule has 0 saturated carbocycles. The quantitative estimate of drug-likeness (QED) is 0.743. The van der Waals surface area contributed by atoms with Crippen LogP contribution in [0, 0.1) is 0 Å². The molecule has 2 heterocycles. The van der Waals surface area contributed by atoms with Gasteiger partial charge in [0, 0.05) is 32.6 Å². The third-order valence-electron chi connectivity index (χ3n) is 3.47. The Morgan fingerprint density at radius 3 is 2.32 bits per heavy atom. The summed E-state index contributed by atoms with van der Waals surface area (Å²) in [7, 11) is 1.30. The Labute approximate surface area is 136 Å². The zero-order valence-corrected chi connectivity index (χ0v) is 13.8. The molecule has 7 nitrogen and oxygen atoms in total. The average Bonchev–Trinajstić information content (AvgIpc) is 2.98. The van der Waals surface area contributed by atoms with Crippen LogP contribution in [0.3, 0.4) is 0 Å². The smallest absolute Gasteiger partial charge is 0.306 e. The molecule has 0 aliphatic carbocycles. The molecule has 120 valence electrons. The Balaban J connectivity index is 1.81. The van der Waals surface area contributed by atoms with E-state index in [1.54, 1.807) is 21.9 Å². The van der Waals surface area contributed by atoms with Crippen LogP contribution in [0.25, 0.3) is 0 Å². The lowest BCUT2D eigenvalue weighted by Gasteiger charge is -2.34. The normalized spacial score (nSPS) is 14.8. The number of nitrogens with zero attached hydrogens (tertiary/aromatic N) is 2. The van der Waals surface area contributed by atoms with Crippen molar-refractivity contribution in [1.82, 2.24) is 9.80 Å². The van der Waals surface area contributed by atoms with Gasteiger partial charge in [0.25, 0.3) is 5.91 Å². The first-order valence-electron chi connectivity index (χ1n) is 6.90. The highest BCUT2D eigenvalue weighted by molar-refractivity contribution is 9.10. The Bertz CT molecular complexity index is 563. The average molecular weight is 373 g/mol. The molecule has 0 unspecified atom stereocenters. The van der Waals surface area contributed by atoms with Crippen molar-refractivity contribution in [3.8, 4) is 0 Å². The monoisotopic (exact) mass is 372 g/mol. The van der Waals surface area contributed by atoms with E-state index in [0.29, 0.717) is 30.8 Å². The van der Waals surface area contributed by atoms with Gasteiger partial charge in [-0.05, 0) is 28.1 Å². The molecule has 0 radical (unpaired) electrons. The Morgan fingerprint density at radius 1 is 1.14 bits per heavy atom. The molecule has 0 bridgehead atoms. The number of carbonyl (C=O) groups excluding carboxylic acids is 3. The molecule has 1 fully saturated rings. The van der Waals surface area contributed by atoms with Crippen molar-refractivity contribution >= 4 is 33.7 Å². The summed E-state index contributed by atoms with van der Waals surface area (Å²) in [5, 5.41) is 0. The van der Waals surface area contributed by atoms with Gasteiger partial charge in [-0.15, -0.1) is 0 Å². The fraction of sp³-hybridized carbons (Fsp3) is 0.500. The second-order valence-corrected chi connectivity index (χ2v) is 5.63. The largest absolute Gasteiger partial charge is 0.469 e. The van der Waals surface area contributed by atoms with Gasteiger partial charge >= 0.3 is 5.97 Å². The zero-order valence-electron chi connectivity index (χ0n) is 12.2. The second kappa shape index (κ2) is 7.44. The predicted molar refractivity (Wildman–Crippen MR) is 80.1 cm³/mol. The number of furan rings is 1. The minimum atomic E-state index is -0.398. The van der Waals surface area contributed by atoms with E-state index in [1.807, 2.05) is 0 Å². The summed E-state index contributed by atoms with van der Waals surface area (Å²) in [6, 6.07) is 3.28. The van der Waals surface area contributed by atoms with Crippen LogP contribution < -0.4 is 0 Å². The topological polar surface area (TPSA) is 80.1 Å². The van der Waals surface area contributed by atoms with Crippen LogP contribution in [0.1, 0.15) is 23.4 Å². The van der Waals surface area contributed by atoms with Crippen molar-refractivity contribution < 1.29 is 23.5 Å². The predicted octanol–water partition coefficient (Wildman–Crippen LogP) is 1.28. The summed E-state index contributed by atoms with van der Waals surface area (Å²) < 4.78 is 10.3. The van der Waals surface area contributed by atoms with Crippen molar-refractivity contribution in [2.45, 2.75) is 12.8 Å². The van der Waals surface area contributed by atoms with Gasteiger partial charge < -0.3 is 19.0 Å². The van der Waals surface area contributed by atoms with Gasteiger partial charge in [-0.3, -0.25) is 14.4 Å². The molecule has 0 aromatic carbocycles. The number of esters is 1. The van der Waals surface area contributed by atoms with Gasteiger partial charge in [0.2, 0.25) is 5.91 Å². The summed E-state index contributed by atoms with van der Waals surface area (Å²) in [6.07, 6.45) is 0.209. The zero-order chi connectivity index (χ0) is 16.1. The van der Waals surface area contributed by atoms with Gasteiger partial charge in [0.05, 0.1) is 13.5 Å². The molecule has 1 aromatic heterocycles.